The Labute approximate surface area is 169 Å². The van der Waals surface area contributed by atoms with Gasteiger partial charge in [-0.2, -0.15) is 0 Å². The number of H-pyrrole nitrogens is 1. The van der Waals surface area contributed by atoms with Gasteiger partial charge in [0.25, 0.3) is 0 Å². The molecule has 0 amide bonds. The Morgan fingerprint density at radius 3 is 2.79 bits per heavy atom. The van der Waals surface area contributed by atoms with Crippen LogP contribution in [0.2, 0.25) is 0 Å². The van der Waals surface area contributed by atoms with Crippen LogP contribution in [0, 0.1) is 6.92 Å². The maximum absolute atomic E-state index is 5.91. The van der Waals surface area contributed by atoms with Gasteiger partial charge in [-0.05, 0) is 74.8 Å². The summed E-state index contributed by atoms with van der Waals surface area (Å²) >= 11 is 0. The van der Waals surface area contributed by atoms with Crippen LogP contribution in [-0.2, 0) is 5.41 Å². The number of nitrogens with one attached hydrogen (secondary N) is 2. The predicted molar refractivity (Wildman–Crippen MR) is 114 cm³/mol. The van der Waals surface area contributed by atoms with Crippen molar-refractivity contribution in [1.29, 1.82) is 0 Å². The van der Waals surface area contributed by atoms with Crippen molar-refractivity contribution in [3.05, 3.63) is 60.2 Å². The van der Waals surface area contributed by atoms with Crippen molar-refractivity contribution >= 4 is 22.5 Å². The highest BCUT2D eigenvalue weighted by molar-refractivity contribution is 5.91. The Hall–Kier alpha value is -3.12. The van der Waals surface area contributed by atoms with Crippen LogP contribution in [0.5, 0.6) is 0 Å². The number of rotatable bonds is 2. The summed E-state index contributed by atoms with van der Waals surface area (Å²) in [7, 11) is 0. The van der Waals surface area contributed by atoms with Crippen molar-refractivity contribution in [2.45, 2.75) is 25.2 Å². The molecule has 6 nitrogen and oxygen atoms in total. The molecule has 0 aliphatic carbocycles. The van der Waals surface area contributed by atoms with E-state index in [9.17, 15) is 0 Å². The highest BCUT2D eigenvalue weighted by atomic mass is 16.3. The first-order chi connectivity index (χ1) is 14.2. The maximum atomic E-state index is 5.91. The minimum atomic E-state index is 0.131. The smallest absolute Gasteiger partial charge is 0.145 e. The standard InChI is InChI=1S/C23H23N5O/c1-15-2-5-20(29-15)16-3-4-19-18(12-16)23(7-10-24-11-8-23)13-28(19)22-17-6-9-25-21(17)26-14-27-22/h2-6,9,12,14,24H,7-8,10-11,13H2,1H3,(H,25,26,27). The zero-order valence-electron chi connectivity index (χ0n) is 16.4. The van der Waals surface area contributed by atoms with Crippen LogP contribution >= 0.6 is 0 Å². The van der Waals surface area contributed by atoms with Gasteiger partial charge in [-0.15, -0.1) is 0 Å². The summed E-state index contributed by atoms with van der Waals surface area (Å²) in [6.45, 7) is 5.02. The quantitative estimate of drug-likeness (QED) is 0.538. The van der Waals surface area contributed by atoms with Crippen LogP contribution < -0.4 is 10.2 Å². The van der Waals surface area contributed by atoms with Crippen molar-refractivity contribution < 1.29 is 4.42 Å². The van der Waals surface area contributed by atoms with E-state index in [1.807, 2.05) is 19.2 Å². The summed E-state index contributed by atoms with van der Waals surface area (Å²) in [5, 5.41) is 4.59. The van der Waals surface area contributed by atoms with E-state index in [1.165, 1.54) is 11.3 Å². The first-order valence-electron chi connectivity index (χ1n) is 10.2. The third-order valence-corrected chi connectivity index (χ3v) is 6.49. The summed E-state index contributed by atoms with van der Waals surface area (Å²) < 4.78 is 5.91. The molecule has 0 bridgehead atoms. The van der Waals surface area contributed by atoms with Crippen molar-refractivity contribution in [3.8, 4) is 11.3 Å². The van der Waals surface area contributed by atoms with Gasteiger partial charge in [0.15, 0.2) is 0 Å². The van der Waals surface area contributed by atoms with E-state index >= 15 is 0 Å². The van der Waals surface area contributed by atoms with Crippen LogP contribution in [-0.4, -0.2) is 34.6 Å². The molecule has 1 saturated heterocycles. The lowest BCUT2D eigenvalue weighted by atomic mass is 9.74. The molecule has 0 saturated carbocycles. The minimum absolute atomic E-state index is 0.131. The van der Waals surface area contributed by atoms with Gasteiger partial charge >= 0.3 is 0 Å². The molecule has 4 aromatic rings. The van der Waals surface area contributed by atoms with Gasteiger partial charge in [0.2, 0.25) is 0 Å². The zero-order chi connectivity index (χ0) is 19.4. The summed E-state index contributed by atoms with van der Waals surface area (Å²) in [4.78, 5) is 14.7. The van der Waals surface area contributed by atoms with Gasteiger partial charge in [0.1, 0.15) is 29.3 Å². The topological polar surface area (TPSA) is 70.0 Å². The molecule has 0 unspecified atom stereocenters. The molecular formula is C23H23N5O. The molecule has 1 fully saturated rings. The number of aryl methyl sites for hydroxylation is 1. The lowest BCUT2D eigenvalue weighted by Gasteiger charge is -2.35. The second-order valence-electron chi connectivity index (χ2n) is 8.20. The number of benzene rings is 1. The van der Waals surface area contributed by atoms with Crippen molar-refractivity contribution in [2.75, 3.05) is 24.5 Å². The summed E-state index contributed by atoms with van der Waals surface area (Å²) in [5.74, 6) is 2.85. The molecule has 2 N–H and O–H groups in total. The van der Waals surface area contributed by atoms with E-state index in [-0.39, 0.29) is 5.41 Å². The van der Waals surface area contributed by atoms with E-state index in [4.69, 9.17) is 4.42 Å². The van der Waals surface area contributed by atoms with Crippen LogP contribution in [0.15, 0.2) is 53.3 Å². The largest absolute Gasteiger partial charge is 0.461 e. The number of aromatic nitrogens is 3. The highest BCUT2D eigenvalue weighted by Crippen LogP contribution is 2.50. The van der Waals surface area contributed by atoms with E-state index in [0.717, 1.165) is 66.4 Å². The Kier molecular flexibility index (Phi) is 3.59. The predicted octanol–water partition coefficient (Wildman–Crippen LogP) is 4.30. The van der Waals surface area contributed by atoms with Crippen LogP contribution in [0.4, 0.5) is 11.5 Å². The van der Waals surface area contributed by atoms with Crippen molar-refractivity contribution in [2.24, 2.45) is 0 Å². The average molecular weight is 385 g/mol. The van der Waals surface area contributed by atoms with Crippen molar-refractivity contribution in [3.63, 3.8) is 0 Å². The molecule has 1 spiro atoms. The number of anilines is 2. The number of aromatic amines is 1. The van der Waals surface area contributed by atoms with Gasteiger partial charge in [-0.1, -0.05) is 0 Å². The van der Waals surface area contributed by atoms with E-state index in [0.29, 0.717) is 0 Å². The zero-order valence-corrected chi connectivity index (χ0v) is 16.4. The third-order valence-electron chi connectivity index (χ3n) is 6.49. The number of furan rings is 1. The van der Waals surface area contributed by atoms with Gasteiger partial charge in [-0.25, -0.2) is 9.97 Å². The third kappa shape index (κ3) is 2.52. The molecule has 2 aliphatic rings. The molecule has 0 atom stereocenters. The molecule has 2 aliphatic heterocycles. The summed E-state index contributed by atoms with van der Waals surface area (Å²) in [6, 6.07) is 12.9. The number of nitrogens with zero attached hydrogens (tertiary/aromatic N) is 3. The van der Waals surface area contributed by atoms with E-state index in [2.05, 4.69) is 55.5 Å². The average Bonchev–Trinajstić information content (AvgIpc) is 3.47. The van der Waals surface area contributed by atoms with Crippen LogP contribution in [0.3, 0.4) is 0 Å². The first kappa shape index (κ1) is 16.8. The van der Waals surface area contributed by atoms with Gasteiger partial charge in [0.05, 0.1) is 5.39 Å². The Morgan fingerprint density at radius 1 is 1.07 bits per heavy atom. The van der Waals surface area contributed by atoms with E-state index < -0.39 is 0 Å². The Bertz CT molecular complexity index is 1200. The lowest BCUT2D eigenvalue weighted by Crippen LogP contribution is -2.42. The van der Waals surface area contributed by atoms with Gasteiger partial charge in [-0.3, -0.25) is 0 Å². The van der Waals surface area contributed by atoms with Crippen LogP contribution in [0.25, 0.3) is 22.4 Å². The van der Waals surface area contributed by atoms with Crippen LogP contribution in [0.1, 0.15) is 24.2 Å². The molecule has 6 heteroatoms. The second-order valence-corrected chi connectivity index (χ2v) is 8.20. The fourth-order valence-corrected chi connectivity index (χ4v) is 5.01. The monoisotopic (exact) mass is 385 g/mol. The van der Waals surface area contributed by atoms with E-state index in [1.54, 1.807) is 6.33 Å². The number of hydrogen-bond acceptors (Lipinski definition) is 5. The number of fused-ring (bicyclic) bond motifs is 3. The highest BCUT2D eigenvalue weighted by Gasteiger charge is 2.44. The Balaban J connectivity index is 1.53. The fourth-order valence-electron chi connectivity index (χ4n) is 5.01. The number of piperidine rings is 1. The minimum Gasteiger partial charge on any atom is -0.461 e. The SMILES string of the molecule is Cc1ccc(-c2ccc3c(c2)C2(CCNCC2)CN3c2ncnc3[nH]ccc23)o1. The molecule has 146 valence electrons. The molecule has 1 aromatic carbocycles. The molecular weight excluding hydrogens is 362 g/mol. The molecule has 3 aromatic heterocycles. The second kappa shape index (κ2) is 6.19. The molecule has 6 rings (SSSR count). The fraction of sp³-hybridized carbons (Fsp3) is 0.304. The maximum Gasteiger partial charge on any atom is 0.145 e. The summed E-state index contributed by atoms with van der Waals surface area (Å²) in [5.41, 5.74) is 4.82. The van der Waals surface area contributed by atoms with Crippen molar-refractivity contribution in [1.82, 2.24) is 20.3 Å². The van der Waals surface area contributed by atoms with Gasteiger partial charge in [0, 0.05) is 29.4 Å². The Morgan fingerprint density at radius 2 is 1.97 bits per heavy atom. The normalized spacial score (nSPS) is 17.9. The first-order valence-corrected chi connectivity index (χ1v) is 10.2. The molecule has 5 heterocycles. The molecule has 0 radical (unpaired) electrons. The van der Waals surface area contributed by atoms with Gasteiger partial charge < -0.3 is 19.6 Å². The molecule has 29 heavy (non-hydrogen) atoms. The summed E-state index contributed by atoms with van der Waals surface area (Å²) in [6.07, 6.45) is 5.83. The lowest BCUT2D eigenvalue weighted by molar-refractivity contribution is 0.329. The number of hydrogen-bond donors (Lipinski definition) is 2.